The molecule has 7 heteroatoms. The first-order valence-electron chi connectivity index (χ1n) is 3.01. The number of hydrogen-bond acceptors (Lipinski definition) is 7. The summed E-state index contributed by atoms with van der Waals surface area (Å²) in [7, 11) is 2.82. The maximum Gasteiger partial charge on any atom is 0.344 e. The van der Waals surface area contributed by atoms with Gasteiger partial charge in [0.25, 0.3) is 0 Å². The van der Waals surface area contributed by atoms with Crippen LogP contribution < -0.4 is 20.2 Å². The summed E-state index contributed by atoms with van der Waals surface area (Å²) in [5.41, 5.74) is 0. The Morgan fingerprint density at radius 3 is 1.67 bits per heavy atom. The van der Waals surface area contributed by atoms with Crippen LogP contribution in [-0.4, -0.2) is 29.2 Å². The van der Waals surface area contributed by atoms with Crippen LogP contribution in [0.4, 0.5) is 0 Å². The van der Waals surface area contributed by atoms with E-state index in [4.69, 9.17) is 15.4 Å². The SMILES string of the molecule is COc1nc(OC)nc(ON)n1. The molecule has 0 spiro atoms. The van der Waals surface area contributed by atoms with Crippen LogP contribution in [0.2, 0.25) is 0 Å². The van der Waals surface area contributed by atoms with Gasteiger partial charge in [0.1, 0.15) is 0 Å². The fraction of sp³-hybridized carbons (Fsp3) is 0.400. The summed E-state index contributed by atoms with van der Waals surface area (Å²) in [5, 5.41) is 0. The van der Waals surface area contributed by atoms with E-state index in [1.165, 1.54) is 14.2 Å². The molecule has 0 aliphatic carbocycles. The summed E-state index contributed by atoms with van der Waals surface area (Å²) in [5.74, 6) is 4.83. The molecule has 0 aliphatic heterocycles. The summed E-state index contributed by atoms with van der Waals surface area (Å²) in [4.78, 5) is 15.3. The maximum atomic E-state index is 4.83. The molecule has 0 saturated heterocycles. The predicted octanol–water partition coefficient (Wildman–Crippen LogP) is -0.859. The van der Waals surface area contributed by atoms with Gasteiger partial charge >= 0.3 is 18.0 Å². The predicted molar refractivity (Wildman–Crippen MR) is 37.7 cm³/mol. The lowest BCUT2D eigenvalue weighted by molar-refractivity contribution is 0.274. The lowest BCUT2D eigenvalue weighted by atomic mass is 10.9. The summed E-state index contributed by atoms with van der Waals surface area (Å²) in [6.07, 6.45) is 0. The smallest absolute Gasteiger partial charge is 0.344 e. The van der Waals surface area contributed by atoms with Crippen molar-refractivity contribution in [3.8, 4) is 18.0 Å². The van der Waals surface area contributed by atoms with Crippen molar-refractivity contribution in [1.82, 2.24) is 15.0 Å². The molecule has 0 atom stereocenters. The van der Waals surface area contributed by atoms with Crippen molar-refractivity contribution < 1.29 is 14.3 Å². The van der Waals surface area contributed by atoms with Crippen molar-refractivity contribution >= 4 is 0 Å². The molecule has 1 rings (SSSR count). The van der Waals surface area contributed by atoms with Gasteiger partial charge in [-0.3, -0.25) is 0 Å². The molecule has 7 nitrogen and oxygen atoms in total. The van der Waals surface area contributed by atoms with Gasteiger partial charge in [-0.15, -0.1) is 15.0 Å². The van der Waals surface area contributed by atoms with Gasteiger partial charge in [-0.1, -0.05) is 0 Å². The number of ether oxygens (including phenoxy) is 2. The molecule has 0 amide bonds. The van der Waals surface area contributed by atoms with E-state index < -0.39 is 0 Å². The highest BCUT2D eigenvalue weighted by Gasteiger charge is 2.06. The van der Waals surface area contributed by atoms with Crippen molar-refractivity contribution in [3.63, 3.8) is 0 Å². The zero-order valence-electron chi connectivity index (χ0n) is 6.64. The van der Waals surface area contributed by atoms with Crippen molar-refractivity contribution in [2.24, 2.45) is 5.90 Å². The molecule has 1 heterocycles. The van der Waals surface area contributed by atoms with E-state index in [2.05, 4.69) is 19.8 Å². The van der Waals surface area contributed by atoms with Gasteiger partial charge in [0.05, 0.1) is 14.2 Å². The number of hydrogen-bond donors (Lipinski definition) is 1. The first-order valence-corrected chi connectivity index (χ1v) is 3.01. The standard InChI is InChI=1S/C5H8N4O3/c1-10-3-7-4(11-2)9-5(8-3)12-6/h6H2,1-2H3. The number of nitrogens with two attached hydrogens (primary N) is 1. The van der Waals surface area contributed by atoms with Gasteiger partial charge in [-0.25, -0.2) is 0 Å². The molecule has 1 aromatic heterocycles. The van der Waals surface area contributed by atoms with Crippen molar-refractivity contribution in [3.05, 3.63) is 0 Å². The third-order valence-corrected chi connectivity index (χ3v) is 1.04. The van der Waals surface area contributed by atoms with E-state index >= 15 is 0 Å². The van der Waals surface area contributed by atoms with E-state index in [0.29, 0.717) is 0 Å². The minimum atomic E-state index is -0.0568. The minimum Gasteiger partial charge on any atom is -0.467 e. The van der Waals surface area contributed by atoms with Gasteiger partial charge in [0, 0.05) is 0 Å². The van der Waals surface area contributed by atoms with Gasteiger partial charge in [0.15, 0.2) is 0 Å². The lowest BCUT2D eigenvalue weighted by Crippen LogP contribution is -2.08. The quantitative estimate of drug-likeness (QED) is 0.593. The number of nitrogens with zero attached hydrogens (tertiary/aromatic N) is 3. The van der Waals surface area contributed by atoms with Gasteiger partial charge in [0.2, 0.25) is 0 Å². The van der Waals surface area contributed by atoms with Crippen LogP contribution in [0.5, 0.6) is 18.0 Å². The van der Waals surface area contributed by atoms with Gasteiger partial charge in [-0.2, -0.15) is 5.90 Å². The molecule has 0 aliphatic rings. The highest BCUT2D eigenvalue weighted by Crippen LogP contribution is 2.12. The molecular formula is C5H8N4O3. The third kappa shape index (κ3) is 1.70. The Labute approximate surface area is 68.5 Å². The van der Waals surface area contributed by atoms with Crippen LogP contribution in [0.25, 0.3) is 0 Å². The second-order valence-electron chi connectivity index (χ2n) is 1.71. The third-order valence-electron chi connectivity index (χ3n) is 1.04. The number of rotatable bonds is 3. The van der Waals surface area contributed by atoms with Crippen molar-refractivity contribution in [1.29, 1.82) is 0 Å². The molecule has 0 bridgehead atoms. The van der Waals surface area contributed by atoms with Crippen molar-refractivity contribution in [2.75, 3.05) is 14.2 Å². The van der Waals surface area contributed by atoms with E-state index in [9.17, 15) is 0 Å². The summed E-state index contributed by atoms with van der Waals surface area (Å²) >= 11 is 0. The first kappa shape index (κ1) is 8.47. The Hall–Kier alpha value is -1.63. The molecule has 66 valence electrons. The van der Waals surface area contributed by atoms with Gasteiger partial charge < -0.3 is 14.3 Å². The topological polar surface area (TPSA) is 92.4 Å². The Kier molecular flexibility index (Phi) is 2.59. The molecule has 12 heavy (non-hydrogen) atoms. The molecule has 0 unspecified atom stereocenters. The fourth-order valence-electron chi connectivity index (χ4n) is 0.556. The van der Waals surface area contributed by atoms with E-state index in [-0.39, 0.29) is 18.0 Å². The van der Waals surface area contributed by atoms with Crippen LogP contribution in [0.3, 0.4) is 0 Å². The molecule has 2 N–H and O–H groups in total. The van der Waals surface area contributed by atoms with Crippen LogP contribution >= 0.6 is 0 Å². The molecule has 0 saturated carbocycles. The van der Waals surface area contributed by atoms with Crippen LogP contribution in [0.15, 0.2) is 0 Å². The lowest BCUT2D eigenvalue weighted by Gasteiger charge is -2.01. The summed E-state index contributed by atoms with van der Waals surface area (Å²) < 4.78 is 9.44. The Morgan fingerprint density at radius 1 is 0.917 bits per heavy atom. The number of aromatic nitrogens is 3. The molecular weight excluding hydrogens is 164 g/mol. The minimum absolute atomic E-state index is 0.0568. The zero-order chi connectivity index (χ0) is 8.97. The van der Waals surface area contributed by atoms with Crippen molar-refractivity contribution in [2.45, 2.75) is 0 Å². The largest absolute Gasteiger partial charge is 0.467 e. The molecule has 0 aromatic carbocycles. The monoisotopic (exact) mass is 172 g/mol. The van der Waals surface area contributed by atoms with Crippen LogP contribution in [0.1, 0.15) is 0 Å². The maximum absolute atomic E-state index is 4.83. The summed E-state index contributed by atoms with van der Waals surface area (Å²) in [6, 6.07) is 0.114. The highest BCUT2D eigenvalue weighted by molar-refractivity contribution is 5.08. The second-order valence-corrected chi connectivity index (χ2v) is 1.71. The normalized spacial score (nSPS) is 9.25. The Morgan fingerprint density at radius 2 is 1.33 bits per heavy atom. The summed E-state index contributed by atoms with van der Waals surface area (Å²) in [6.45, 7) is 0. The van der Waals surface area contributed by atoms with E-state index in [1.807, 2.05) is 0 Å². The first-order chi connectivity index (χ1) is 5.80. The van der Waals surface area contributed by atoms with Gasteiger partial charge in [-0.05, 0) is 0 Å². The molecule has 0 fully saturated rings. The Bertz CT molecular complexity index is 212. The second kappa shape index (κ2) is 3.67. The van der Waals surface area contributed by atoms with E-state index in [1.54, 1.807) is 0 Å². The Balaban J connectivity index is 3.01. The average Bonchev–Trinajstić information content (AvgIpc) is 2.16. The van der Waals surface area contributed by atoms with E-state index in [0.717, 1.165) is 0 Å². The average molecular weight is 172 g/mol. The zero-order valence-corrected chi connectivity index (χ0v) is 6.64. The van der Waals surface area contributed by atoms with Crippen LogP contribution in [0, 0.1) is 0 Å². The fourth-order valence-corrected chi connectivity index (χ4v) is 0.556. The molecule has 1 aromatic rings. The molecule has 0 radical (unpaired) electrons. The highest BCUT2D eigenvalue weighted by atomic mass is 16.6. The number of methoxy groups -OCH3 is 2. The van der Waals surface area contributed by atoms with Crippen LogP contribution in [-0.2, 0) is 0 Å².